The highest BCUT2D eigenvalue weighted by Gasteiger charge is 2.41. The summed E-state index contributed by atoms with van der Waals surface area (Å²) in [6.07, 6.45) is 0.875. The van der Waals surface area contributed by atoms with Crippen molar-refractivity contribution in [1.82, 2.24) is 0 Å². The molecular formula is C14H22NOS+. The van der Waals surface area contributed by atoms with Gasteiger partial charge in [-0.1, -0.05) is 30.3 Å². The highest BCUT2D eigenvalue weighted by Crippen LogP contribution is 2.39. The maximum absolute atomic E-state index is 11.0. The van der Waals surface area contributed by atoms with Gasteiger partial charge < -0.3 is 10.0 Å². The van der Waals surface area contributed by atoms with Crippen LogP contribution in [0, 0.1) is 5.92 Å². The molecule has 2 N–H and O–H groups in total. The van der Waals surface area contributed by atoms with Crippen LogP contribution in [-0.4, -0.2) is 37.3 Å². The SMILES string of the molecule is C[NH+](C)C[C@@H]1CSCC[C@@]1(O)c1ccccc1. The fourth-order valence-electron chi connectivity index (χ4n) is 2.62. The molecule has 0 aliphatic carbocycles. The minimum atomic E-state index is -0.621. The van der Waals surface area contributed by atoms with Crippen LogP contribution in [0.4, 0.5) is 0 Å². The van der Waals surface area contributed by atoms with Crippen molar-refractivity contribution < 1.29 is 10.0 Å². The number of rotatable bonds is 3. The molecule has 2 atom stereocenters. The number of aliphatic hydroxyl groups is 1. The van der Waals surface area contributed by atoms with Crippen LogP contribution in [0.1, 0.15) is 12.0 Å². The third kappa shape index (κ3) is 2.84. The highest BCUT2D eigenvalue weighted by molar-refractivity contribution is 7.99. The first-order chi connectivity index (χ1) is 8.13. The molecule has 0 spiro atoms. The lowest BCUT2D eigenvalue weighted by molar-refractivity contribution is -0.863. The lowest BCUT2D eigenvalue weighted by atomic mass is 9.79. The Balaban J connectivity index is 2.25. The molecule has 0 saturated carbocycles. The van der Waals surface area contributed by atoms with Crippen LogP contribution >= 0.6 is 11.8 Å². The lowest BCUT2D eigenvalue weighted by Crippen LogP contribution is -3.07. The van der Waals surface area contributed by atoms with Crippen molar-refractivity contribution in [2.45, 2.75) is 12.0 Å². The topological polar surface area (TPSA) is 24.7 Å². The molecule has 1 aliphatic heterocycles. The van der Waals surface area contributed by atoms with Crippen molar-refractivity contribution in [2.24, 2.45) is 5.92 Å². The monoisotopic (exact) mass is 252 g/mol. The summed E-state index contributed by atoms with van der Waals surface area (Å²) in [5, 5.41) is 11.0. The van der Waals surface area contributed by atoms with Gasteiger partial charge in [0.1, 0.15) is 0 Å². The zero-order valence-electron chi connectivity index (χ0n) is 10.6. The van der Waals surface area contributed by atoms with Gasteiger partial charge in [0.15, 0.2) is 0 Å². The quantitative estimate of drug-likeness (QED) is 0.831. The van der Waals surface area contributed by atoms with Gasteiger partial charge in [-0.3, -0.25) is 0 Å². The van der Waals surface area contributed by atoms with Crippen molar-refractivity contribution in [3.05, 3.63) is 35.9 Å². The van der Waals surface area contributed by atoms with Crippen molar-refractivity contribution in [3.63, 3.8) is 0 Å². The zero-order chi connectivity index (χ0) is 12.3. The Kier molecular flexibility index (Phi) is 4.13. The summed E-state index contributed by atoms with van der Waals surface area (Å²) in [6.45, 7) is 1.03. The van der Waals surface area contributed by atoms with Crippen LogP contribution in [-0.2, 0) is 5.60 Å². The van der Waals surface area contributed by atoms with Crippen LogP contribution in [0.2, 0.25) is 0 Å². The Morgan fingerprint density at radius 2 is 2.06 bits per heavy atom. The molecule has 1 fully saturated rings. The number of nitrogens with one attached hydrogen (secondary N) is 1. The number of benzene rings is 1. The molecule has 3 heteroatoms. The average molecular weight is 252 g/mol. The lowest BCUT2D eigenvalue weighted by Gasteiger charge is -2.40. The van der Waals surface area contributed by atoms with Gasteiger partial charge in [0.2, 0.25) is 0 Å². The van der Waals surface area contributed by atoms with Crippen LogP contribution in [0.25, 0.3) is 0 Å². The molecule has 0 amide bonds. The van der Waals surface area contributed by atoms with E-state index in [-0.39, 0.29) is 0 Å². The molecule has 17 heavy (non-hydrogen) atoms. The fourth-order valence-corrected chi connectivity index (χ4v) is 3.92. The van der Waals surface area contributed by atoms with Crippen LogP contribution in [0.3, 0.4) is 0 Å². The van der Waals surface area contributed by atoms with Crippen molar-refractivity contribution in [1.29, 1.82) is 0 Å². The van der Waals surface area contributed by atoms with Gasteiger partial charge in [-0.05, 0) is 17.7 Å². The Morgan fingerprint density at radius 1 is 1.35 bits per heavy atom. The summed E-state index contributed by atoms with van der Waals surface area (Å²) < 4.78 is 0. The molecule has 2 rings (SSSR count). The molecule has 1 heterocycles. The fraction of sp³-hybridized carbons (Fsp3) is 0.571. The van der Waals surface area contributed by atoms with Crippen molar-refractivity contribution in [2.75, 3.05) is 32.1 Å². The van der Waals surface area contributed by atoms with Gasteiger partial charge in [-0.25, -0.2) is 0 Å². The van der Waals surface area contributed by atoms with Crippen molar-refractivity contribution in [3.8, 4) is 0 Å². The summed E-state index contributed by atoms with van der Waals surface area (Å²) in [6, 6.07) is 10.2. The van der Waals surface area contributed by atoms with Gasteiger partial charge in [-0.15, -0.1) is 0 Å². The minimum Gasteiger partial charge on any atom is -0.385 e. The number of hydrogen-bond acceptors (Lipinski definition) is 2. The molecule has 94 valence electrons. The third-order valence-electron chi connectivity index (χ3n) is 3.55. The second kappa shape index (κ2) is 5.42. The van der Waals surface area contributed by atoms with E-state index >= 15 is 0 Å². The first kappa shape index (κ1) is 12.9. The van der Waals surface area contributed by atoms with Gasteiger partial charge >= 0.3 is 0 Å². The van der Waals surface area contributed by atoms with E-state index in [0.29, 0.717) is 5.92 Å². The van der Waals surface area contributed by atoms with Crippen LogP contribution < -0.4 is 4.90 Å². The standard InChI is InChI=1S/C14H21NOS/c1-15(2)10-13-11-17-9-8-14(13,16)12-6-4-3-5-7-12/h3-7,13,16H,8-11H2,1-2H3/p+1/t13-,14-/m1/s1. The van der Waals surface area contributed by atoms with E-state index in [2.05, 4.69) is 26.2 Å². The second-order valence-electron chi connectivity index (χ2n) is 5.22. The normalized spacial score (nSPS) is 29.5. The summed E-state index contributed by atoms with van der Waals surface area (Å²) in [7, 11) is 4.31. The largest absolute Gasteiger partial charge is 0.385 e. The van der Waals surface area contributed by atoms with Gasteiger partial charge in [-0.2, -0.15) is 11.8 Å². The summed E-state index contributed by atoms with van der Waals surface area (Å²) in [5.74, 6) is 2.48. The number of thioether (sulfide) groups is 1. The van der Waals surface area contributed by atoms with E-state index in [1.165, 1.54) is 4.90 Å². The third-order valence-corrected chi connectivity index (χ3v) is 4.68. The van der Waals surface area contributed by atoms with E-state index in [0.717, 1.165) is 30.0 Å². The molecule has 0 bridgehead atoms. The summed E-state index contributed by atoms with van der Waals surface area (Å²) >= 11 is 1.97. The summed E-state index contributed by atoms with van der Waals surface area (Å²) in [5.41, 5.74) is 0.468. The first-order valence-electron chi connectivity index (χ1n) is 6.27. The smallest absolute Gasteiger partial charge is 0.0994 e. The first-order valence-corrected chi connectivity index (χ1v) is 7.43. The molecule has 0 unspecified atom stereocenters. The average Bonchev–Trinajstić information content (AvgIpc) is 2.33. The van der Waals surface area contributed by atoms with E-state index in [1.54, 1.807) is 0 Å². The Labute approximate surface area is 108 Å². The Morgan fingerprint density at radius 3 is 2.71 bits per heavy atom. The number of hydrogen-bond donors (Lipinski definition) is 2. The Bertz CT molecular complexity index is 354. The van der Waals surface area contributed by atoms with Gasteiger partial charge in [0.25, 0.3) is 0 Å². The van der Waals surface area contributed by atoms with Crippen LogP contribution in [0.15, 0.2) is 30.3 Å². The zero-order valence-corrected chi connectivity index (χ0v) is 11.5. The number of quaternary nitrogens is 1. The Hall–Kier alpha value is -0.510. The molecule has 2 nitrogen and oxygen atoms in total. The van der Waals surface area contributed by atoms with E-state index < -0.39 is 5.60 Å². The molecule has 1 aromatic carbocycles. The second-order valence-corrected chi connectivity index (χ2v) is 6.37. The van der Waals surface area contributed by atoms with E-state index in [4.69, 9.17) is 0 Å². The van der Waals surface area contributed by atoms with E-state index in [1.807, 2.05) is 30.0 Å². The minimum absolute atomic E-state index is 0.355. The maximum atomic E-state index is 11.0. The van der Waals surface area contributed by atoms with Crippen LogP contribution in [0.5, 0.6) is 0 Å². The molecule has 0 radical (unpaired) electrons. The predicted molar refractivity (Wildman–Crippen MR) is 73.4 cm³/mol. The van der Waals surface area contributed by atoms with Crippen molar-refractivity contribution >= 4 is 11.8 Å². The highest BCUT2D eigenvalue weighted by atomic mass is 32.2. The maximum Gasteiger partial charge on any atom is 0.0994 e. The van der Waals surface area contributed by atoms with E-state index in [9.17, 15) is 5.11 Å². The molecule has 1 aliphatic rings. The molecule has 1 saturated heterocycles. The van der Waals surface area contributed by atoms with Gasteiger partial charge in [0, 0.05) is 5.75 Å². The predicted octanol–water partition coefficient (Wildman–Crippen LogP) is 0.772. The van der Waals surface area contributed by atoms with Gasteiger partial charge in [0.05, 0.1) is 32.2 Å². The summed E-state index contributed by atoms with van der Waals surface area (Å²) in [4.78, 5) is 1.41. The molecule has 0 aromatic heterocycles. The molecular weight excluding hydrogens is 230 g/mol. The molecule has 1 aromatic rings.